The maximum atomic E-state index is 11.6. The summed E-state index contributed by atoms with van der Waals surface area (Å²) in [5, 5.41) is 29.3. The van der Waals surface area contributed by atoms with Gasteiger partial charge in [-0.15, -0.1) is 0 Å². The van der Waals surface area contributed by atoms with Crippen LogP contribution in [0, 0.1) is 10.1 Å². The van der Waals surface area contributed by atoms with Gasteiger partial charge in [0.15, 0.2) is 0 Å². The van der Waals surface area contributed by atoms with Crippen molar-refractivity contribution in [3.8, 4) is 5.75 Å². The lowest BCUT2D eigenvalue weighted by atomic mass is 10.2. The van der Waals surface area contributed by atoms with Crippen molar-refractivity contribution in [2.45, 2.75) is 6.92 Å². The van der Waals surface area contributed by atoms with Crippen LogP contribution in [0.2, 0.25) is 0 Å². The fourth-order valence-corrected chi connectivity index (χ4v) is 2.74. The van der Waals surface area contributed by atoms with Gasteiger partial charge in [-0.2, -0.15) is 0 Å². The second kappa shape index (κ2) is 11.2. The predicted molar refractivity (Wildman–Crippen MR) is 120 cm³/mol. The fourth-order valence-electron chi connectivity index (χ4n) is 2.74. The maximum absolute atomic E-state index is 11.6. The number of nitrogens with zero attached hydrogens (tertiary/aromatic N) is 4. The molecule has 1 heterocycles. The van der Waals surface area contributed by atoms with Crippen molar-refractivity contribution in [1.29, 1.82) is 0 Å². The minimum absolute atomic E-state index is 0.0115. The predicted octanol–water partition coefficient (Wildman–Crippen LogP) is 2.53. The Hall–Kier alpha value is -4.29. The van der Waals surface area contributed by atoms with E-state index in [1.165, 1.54) is 6.07 Å². The quantitative estimate of drug-likeness (QED) is 0.183. The molecule has 1 aromatic heterocycles. The highest BCUT2D eigenvalue weighted by Gasteiger charge is 2.22. The van der Waals surface area contributed by atoms with Gasteiger partial charge < -0.3 is 30.6 Å². The zero-order valence-corrected chi connectivity index (χ0v) is 17.9. The molecular formula is C19H25N7O6. The number of nitrogens with two attached hydrogens (primary N) is 1. The third kappa shape index (κ3) is 6.35. The van der Waals surface area contributed by atoms with Crippen molar-refractivity contribution < 1.29 is 24.4 Å². The summed E-state index contributed by atoms with van der Waals surface area (Å²) in [6.07, 6.45) is -0.780. The number of aromatic nitrogens is 1. The number of carbonyl (C=O) groups is 1. The molecule has 0 aliphatic heterocycles. The van der Waals surface area contributed by atoms with Crippen LogP contribution < -0.4 is 26.0 Å². The van der Waals surface area contributed by atoms with Crippen LogP contribution in [0.15, 0.2) is 35.5 Å². The van der Waals surface area contributed by atoms with Crippen LogP contribution >= 0.6 is 0 Å². The third-order valence-electron chi connectivity index (χ3n) is 4.27. The number of anilines is 4. The topological polar surface area (TPSA) is 177 Å². The van der Waals surface area contributed by atoms with Crippen molar-refractivity contribution in [1.82, 2.24) is 4.98 Å². The number of amides is 1. The first-order valence-corrected chi connectivity index (χ1v) is 9.46. The standard InChI is InChI=1S/C19H25N7O6/c1-4-32-19(27)23-16-9-15(17(26(29)30)18(20)22-16)21-10-12(24-28)11-25(2)13-5-7-14(31-3)8-6-13/h5-9,28H,4,10-11H2,1-3H3,(H4,20,21,22,23,27)/b24-12+. The normalized spacial score (nSPS) is 10.9. The lowest BCUT2D eigenvalue weighted by Crippen LogP contribution is -2.30. The van der Waals surface area contributed by atoms with Gasteiger partial charge in [-0.25, -0.2) is 9.78 Å². The van der Waals surface area contributed by atoms with Crippen molar-refractivity contribution >= 4 is 40.5 Å². The molecule has 172 valence electrons. The van der Waals surface area contributed by atoms with Gasteiger partial charge in [0.1, 0.15) is 17.3 Å². The average molecular weight is 447 g/mol. The molecule has 0 fully saturated rings. The van der Waals surface area contributed by atoms with Gasteiger partial charge in [0.05, 0.1) is 37.4 Å². The number of benzene rings is 1. The minimum atomic E-state index is -0.780. The van der Waals surface area contributed by atoms with E-state index in [9.17, 15) is 20.1 Å². The zero-order valence-electron chi connectivity index (χ0n) is 17.9. The number of oxime groups is 1. The molecule has 13 nitrogen and oxygen atoms in total. The second-order valence-electron chi connectivity index (χ2n) is 6.47. The average Bonchev–Trinajstić information content (AvgIpc) is 2.76. The number of nitro groups is 1. The van der Waals surface area contributed by atoms with Gasteiger partial charge in [-0.3, -0.25) is 15.4 Å². The van der Waals surface area contributed by atoms with E-state index in [0.29, 0.717) is 5.75 Å². The zero-order chi connectivity index (χ0) is 23.7. The summed E-state index contributed by atoms with van der Waals surface area (Å²) in [5.74, 6) is 0.270. The molecule has 0 atom stereocenters. The number of nitrogen functional groups attached to an aromatic ring is 1. The summed E-state index contributed by atoms with van der Waals surface area (Å²) in [5.41, 5.74) is 6.35. The molecule has 0 bridgehead atoms. The summed E-state index contributed by atoms with van der Waals surface area (Å²) in [6, 6.07) is 8.50. The highest BCUT2D eigenvalue weighted by Crippen LogP contribution is 2.32. The van der Waals surface area contributed by atoms with Crippen LogP contribution in [-0.2, 0) is 4.74 Å². The molecule has 13 heteroatoms. The van der Waals surface area contributed by atoms with Crippen molar-refractivity contribution in [2.75, 3.05) is 55.1 Å². The Morgan fingerprint density at radius 1 is 1.38 bits per heavy atom. The van der Waals surface area contributed by atoms with E-state index >= 15 is 0 Å². The largest absolute Gasteiger partial charge is 0.497 e. The van der Waals surface area contributed by atoms with E-state index in [1.807, 2.05) is 17.0 Å². The molecule has 0 spiro atoms. The molecular weight excluding hydrogens is 422 g/mol. The van der Waals surface area contributed by atoms with Crippen LogP contribution in [-0.4, -0.2) is 60.8 Å². The lowest BCUT2D eigenvalue weighted by Gasteiger charge is -2.20. The van der Waals surface area contributed by atoms with Crippen LogP contribution in [0.1, 0.15) is 6.92 Å². The molecule has 0 aliphatic carbocycles. The van der Waals surface area contributed by atoms with E-state index < -0.39 is 22.5 Å². The number of methoxy groups -OCH3 is 1. The number of hydrogen-bond acceptors (Lipinski definition) is 11. The van der Waals surface area contributed by atoms with Crippen LogP contribution in [0.5, 0.6) is 5.75 Å². The molecule has 2 rings (SSSR count). The molecule has 0 aliphatic rings. The highest BCUT2D eigenvalue weighted by atomic mass is 16.6. The Morgan fingerprint density at radius 2 is 2.06 bits per heavy atom. The maximum Gasteiger partial charge on any atom is 0.412 e. The van der Waals surface area contributed by atoms with E-state index in [4.69, 9.17) is 15.2 Å². The van der Waals surface area contributed by atoms with Gasteiger partial charge >= 0.3 is 11.8 Å². The number of hydrogen-bond donors (Lipinski definition) is 4. The summed E-state index contributed by atoms with van der Waals surface area (Å²) in [4.78, 5) is 28.0. The van der Waals surface area contributed by atoms with E-state index in [0.717, 1.165) is 5.69 Å². The number of pyridine rings is 1. The Balaban J connectivity index is 2.15. The first kappa shape index (κ1) is 24.0. The molecule has 32 heavy (non-hydrogen) atoms. The number of carbonyl (C=O) groups excluding carboxylic acids is 1. The summed E-state index contributed by atoms with van der Waals surface area (Å²) in [7, 11) is 3.36. The van der Waals surface area contributed by atoms with E-state index in [2.05, 4.69) is 20.8 Å². The SMILES string of the molecule is CCOC(=O)Nc1cc(NC/C(CN(C)c2ccc(OC)cc2)=N\O)c([N+](=O)[O-])c(N)n1. The fraction of sp³-hybridized carbons (Fsp3) is 0.316. The van der Waals surface area contributed by atoms with Crippen LogP contribution in [0.25, 0.3) is 0 Å². The first-order valence-electron chi connectivity index (χ1n) is 9.46. The second-order valence-corrected chi connectivity index (χ2v) is 6.47. The molecule has 1 amide bonds. The van der Waals surface area contributed by atoms with E-state index in [-0.39, 0.29) is 36.9 Å². The molecule has 0 saturated carbocycles. The van der Waals surface area contributed by atoms with Crippen LogP contribution in [0.3, 0.4) is 0 Å². The Kier molecular flexibility index (Phi) is 8.39. The summed E-state index contributed by atoms with van der Waals surface area (Å²) >= 11 is 0. The Morgan fingerprint density at radius 3 is 2.62 bits per heavy atom. The smallest absolute Gasteiger partial charge is 0.412 e. The first-order chi connectivity index (χ1) is 15.3. The molecule has 0 radical (unpaired) electrons. The number of nitrogens with one attached hydrogen (secondary N) is 2. The third-order valence-corrected chi connectivity index (χ3v) is 4.27. The van der Waals surface area contributed by atoms with Crippen molar-refractivity contribution in [3.05, 3.63) is 40.4 Å². The van der Waals surface area contributed by atoms with Gasteiger partial charge in [0.2, 0.25) is 5.82 Å². The van der Waals surface area contributed by atoms with Crippen molar-refractivity contribution in [2.24, 2.45) is 5.16 Å². The molecule has 0 saturated heterocycles. The number of rotatable bonds is 10. The number of ether oxygens (including phenoxy) is 2. The molecule has 1 aromatic carbocycles. The minimum Gasteiger partial charge on any atom is -0.497 e. The van der Waals surface area contributed by atoms with Gasteiger partial charge in [0, 0.05) is 18.8 Å². The summed E-state index contributed by atoms with van der Waals surface area (Å²) in [6.45, 7) is 1.94. The monoisotopic (exact) mass is 447 g/mol. The van der Waals surface area contributed by atoms with Crippen molar-refractivity contribution in [3.63, 3.8) is 0 Å². The Labute approximate surface area is 184 Å². The molecule has 5 N–H and O–H groups in total. The lowest BCUT2D eigenvalue weighted by molar-refractivity contribution is -0.383. The summed E-state index contributed by atoms with van der Waals surface area (Å²) < 4.78 is 9.90. The molecule has 2 aromatic rings. The van der Waals surface area contributed by atoms with Gasteiger partial charge in [-0.1, -0.05) is 5.16 Å². The van der Waals surface area contributed by atoms with E-state index in [1.54, 1.807) is 33.2 Å². The molecule has 0 unspecified atom stereocenters. The highest BCUT2D eigenvalue weighted by molar-refractivity contribution is 5.93. The van der Waals surface area contributed by atoms with Gasteiger partial charge in [-0.05, 0) is 31.2 Å². The Bertz CT molecular complexity index is 981. The van der Waals surface area contributed by atoms with Crippen LogP contribution in [0.4, 0.5) is 33.5 Å². The van der Waals surface area contributed by atoms with Gasteiger partial charge in [0.25, 0.3) is 0 Å².